The van der Waals surface area contributed by atoms with Crippen molar-refractivity contribution in [2.24, 2.45) is 0 Å². The Morgan fingerprint density at radius 1 is 0.818 bits per heavy atom. The van der Waals surface area contributed by atoms with E-state index < -0.39 is 0 Å². The average Bonchev–Trinajstić information content (AvgIpc) is 2.56. The van der Waals surface area contributed by atoms with Crippen LogP contribution < -0.4 is 4.68 Å². The van der Waals surface area contributed by atoms with Crippen LogP contribution in [0, 0.1) is 0 Å². The summed E-state index contributed by atoms with van der Waals surface area (Å²) in [6.07, 6.45) is 0. The quantitative estimate of drug-likeness (QED) is 0.385. The Hall–Kier alpha value is -2.26. The monoisotopic (exact) mass is 349 g/mol. The molecule has 3 heteroatoms. The highest BCUT2D eigenvalue weighted by Crippen LogP contribution is 2.24. The summed E-state index contributed by atoms with van der Waals surface area (Å²) in [5, 5.41) is 7.23. The number of halogens is 1. The molecule has 0 atom stereocenters. The number of hydrogen-bond donors (Lipinski definition) is 0. The molecule has 0 aliphatic carbocycles. The van der Waals surface area contributed by atoms with Crippen LogP contribution >= 0.6 is 15.9 Å². The second-order valence-electron chi connectivity index (χ2n) is 5.32. The number of hydrogen-bond acceptors (Lipinski definition) is 1. The van der Waals surface area contributed by atoms with Gasteiger partial charge >= 0.3 is 0 Å². The maximum atomic E-state index is 4.83. The molecule has 1 aromatic heterocycles. The first kappa shape index (κ1) is 13.4. The highest BCUT2D eigenvalue weighted by Gasteiger charge is 2.15. The molecule has 0 bridgehead atoms. The van der Waals surface area contributed by atoms with Crippen LogP contribution in [-0.2, 0) is 6.54 Å². The first-order valence-electron chi connectivity index (χ1n) is 7.23. The third-order valence-corrected chi connectivity index (χ3v) is 4.33. The molecular formula is C19H14BrN2+. The largest absolute Gasteiger partial charge is 0.240 e. The lowest BCUT2D eigenvalue weighted by molar-refractivity contribution is -0.719. The molecule has 0 aliphatic rings. The molecule has 0 saturated heterocycles. The summed E-state index contributed by atoms with van der Waals surface area (Å²) in [6, 6.07) is 25.1. The molecule has 0 amide bonds. The molecule has 0 aliphatic heterocycles. The Balaban J connectivity index is 2.00. The minimum atomic E-state index is 0.768. The van der Waals surface area contributed by atoms with Gasteiger partial charge in [0.05, 0.1) is 5.39 Å². The van der Waals surface area contributed by atoms with E-state index in [0.717, 1.165) is 22.1 Å². The van der Waals surface area contributed by atoms with Gasteiger partial charge in [-0.1, -0.05) is 69.1 Å². The summed E-state index contributed by atoms with van der Waals surface area (Å²) in [6.45, 7) is 0.768. The molecular weight excluding hydrogens is 336 g/mol. The first-order valence-corrected chi connectivity index (χ1v) is 8.03. The summed E-state index contributed by atoms with van der Waals surface area (Å²) in [5.74, 6) is 0. The number of aromatic nitrogens is 2. The molecule has 0 fully saturated rings. The Morgan fingerprint density at radius 2 is 1.59 bits per heavy atom. The zero-order valence-corrected chi connectivity index (χ0v) is 13.5. The van der Waals surface area contributed by atoms with Crippen molar-refractivity contribution in [3.63, 3.8) is 0 Å². The normalized spacial score (nSPS) is 11.1. The van der Waals surface area contributed by atoms with Crippen LogP contribution in [0.3, 0.4) is 0 Å². The van der Waals surface area contributed by atoms with E-state index in [4.69, 9.17) is 5.10 Å². The smallest absolute Gasteiger partial charge is 0.0787 e. The van der Waals surface area contributed by atoms with E-state index in [2.05, 4.69) is 81.3 Å². The second-order valence-corrected chi connectivity index (χ2v) is 6.24. The van der Waals surface area contributed by atoms with Gasteiger partial charge in [-0.25, -0.2) is 0 Å². The Bertz CT molecular complexity index is 965. The van der Waals surface area contributed by atoms with Crippen LogP contribution in [0.2, 0.25) is 0 Å². The highest BCUT2D eigenvalue weighted by atomic mass is 79.9. The van der Waals surface area contributed by atoms with Crippen molar-refractivity contribution in [3.8, 4) is 0 Å². The Labute approximate surface area is 137 Å². The van der Waals surface area contributed by atoms with Gasteiger partial charge in [0.15, 0.2) is 6.54 Å². The van der Waals surface area contributed by atoms with Crippen molar-refractivity contribution in [1.29, 1.82) is 0 Å². The van der Waals surface area contributed by atoms with Gasteiger partial charge in [0.2, 0.25) is 5.52 Å². The lowest BCUT2D eigenvalue weighted by atomic mass is 10.1. The molecule has 4 rings (SSSR count). The predicted molar refractivity (Wildman–Crippen MR) is 92.7 cm³/mol. The first-order chi connectivity index (χ1) is 10.8. The maximum Gasteiger partial charge on any atom is 0.240 e. The highest BCUT2D eigenvalue weighted by molar-refractivity contribution is 9.10. The standard InChI is InChI=1S/C19H14BrN2/c20-15-10-11-19-17(12-15)16-8-4-5-9-18(16)21-22(19)13-14-6-2-1-3-7-14/h1-12H,13H2/q+1. The summed E-state index contributed by atoms with van der Waals surface area (Å²) < 4.78 is 3.17. The van der Waals surface area contributed by atoms with Crippen molar-refractivity contribution < 1.29 is 4.68 Å². The van der Waals surface area contributed by atoms with E-state index in [9.17, 15) is 0 Å². The van der Waals surface area contributed by atoms with Crippen LogP contribution in [0.5, 0.6) is 0 Å². The van der Waals surface area contributed by atoms with Gasteiger partial charge in [0.25, 0.3) is 0 Å². The van der Waals surface area contributed by atoms with Crippen molar-refractivity contribution in [2.75, 3.05) is 0 Å². The van der Waals surface area contributed by atoms with Gasteiger partial charge in [0, 0.05) is 26.6 Å². The minimum Gasteiger partial charge on any atom is -0.0787 e. The summed E-state index contributed by atoms with van der Waals surface area (Å²) in [4.78, 5) is 0. The molecule has 3 aromatic carbocycles. The Morgan fingerprint density at radius 3 is 2.45 bits per heavy atom. The van der Waals surface area contributed by atoms with Crippen LogP contribution in [-0.4, -0.2) is 5.10 Å². The number of benzene rings is 3. The van der Waals surface area contributed by atoms with Crippen LogP contribution in [0.4, 0.5) is 0 Å². The lowest BCUT2D eigenvalue weighted by Crippen LogP contribution is -2.39. The van der Waals surface area contributed by atoms with E-state index in [0.29, 0.717) is 0 Å². The molecule has 0 spiro atoms. The predicted octanol–water partition coefficient (Wildman–Crippen LogP) is 4.49. The lowest BCUT2D eigenvalue weighted by Gasteiger charge is -2.04. The van der Waals surface area contributed by atoms with E-state index in [1.807, 2.05) is 12.1 Å². The van der Waals surface area contributed by atoms with Gasteiger partial charge in [-0.3, -0.25) is 0 Å². The number of fused-ring (bicyclic) bond motifs is 3. The minimum absolute atomic E-state index is 0.768. The molecule has 4 aromatic rings. The van der Waals surface area contributed by atoms with Crippen molar-refractivity contribution in [2.45, 2.75) is 6.54 Å². The number of rotatable bonds is 2. The SMILES string of the molecule is Brc1ccc2c(c1)c1ccccc1n[n+]2Cc1ccccc1. The van der Waals surface area contributed by atoms with E-state index in [1.54, 1.807) is 0 Å². The fraction of sp³-hybridized carbons (Fsp3) is 0.0526. The van der Waals surface area contributed by atoms with Crippen LogP contribution in [0.25, 0.3) is 21.8 Å². The summed E-state index contributed by atoms with van der Waals surface area (Å²) in [7, 11) is 0. The average molecular weight is 350 g/mol. The zero-order chi connectivity index (χ0) is 14.9. The third-order valence-electron chi connectivity index (χ3n) is 3.83. The van der Waals surface area contributed by atoms with Crippen molar-refractivity contribution in [3.05, 3.63) is 82.8 Å². The number of nitrogens with zero attached hydrogens (tertiary/aromatic N) is 2. The maximum absolute atomic E-state index is 4.83. The summed E-state index contributed by atoms with van der Waals surface area (Å²) in [5.41, 5.74) is 3.41. The van der Waals surface area contributed by atoms with E-state index in [-0.39, 0.29) is 0 Å². The zero-order valence-electron chi connectivity index (χ0n) is 11.9. The Kier molecular flexibility index (Phi) is 3.35. The fourth-order valence-corrected chi connectivity index (χ4v) is 3.16. The molecule has 0 unspecified atom stereocenters. The van der Waals surface area contributed by atoms with Gasteiger partial charge in [-0.15, -0.1) is 0 Å². The summed E-state index contributed by atoms with van der Waals surface area (Å²) >= 11 is 3.58. The van der Waals surface area contributed by atoms with Crippen molar-refractivity contribution in [1.82, 2.24) is 5.10 Å². The molecule has 0 N–H and O–H groups in total. The van der Waals surface area contributed by atoms with Crippen molar-refractivity contribution >= 4 is 37.7 Å². The third kappa shape index (κ3) is 2.38. The molecule has 0 saturated carbocycles. The van der Waals surface area contributed by atoms with Gasteiger partial charge in [-0.2, -0.15) is 0 Å². The van der Waals surface area contributed by atoms with Crippen LogP contribution in [0.15, 0.2) is 77.3 Å². The van der Waals surface area contributed by atoms with Gasteiger partial charge < -0.3 is 0 Å². The molecule has 22 heavy (non-hydrogen) atoms. The molecule has 0 radical (unpaired) electrons. The van der Waals surface area contributed by atoms with Gasteiger partial charge in [-0.05, 0) is 18.2 Å². The van der Waals surface area contributed by atoms with E-state index >= 15 is 0 Å². The van der Waals surface area contributed by atoms with Gasteiger partial charge in [0.1, 0.15) is 5.52 Å². The van der Waals surface area contributed by atoms with E-state index in [1.165, 1.54) is 16.3 Å². The molecule has 1 heterocycles. The topological polar surface area (TPSA) is 16.8 Å². The second kappa shape index (κ2) is 5.50. The fourth-order valence-electron chi connectivity index (χ4n) is 2.80. The molecule has 2 nitrogen and oxygen atoms in total. The van der Waals surface area contributed by atoms with Crippen LogP contribution in [0.1, 0.15) is 5.56 Å². The molecule has 106 valence electrons.